The van der Waals surface area contributed by atoms with E-state index >= 15 is 0 Å². The highest BCUT2D eigenvalue weighted by atomic mass is 32.2. The first-order valence-corrected chi connectivity index (χ1v) is 28.7. The topological polar surface area (TPSA) is 420 Å². The number of aldehydes is 1. The van der Waals surface area contributed by atoms with Gasteiger partial charge in [-0.3, -0.25) is 67.1 Å². The fourth-order valence-electron chi connectivity index (χ4n) is 6.88. The maximum absolute atomic E-state index is 13.2. The standard InChI is InChI=1S/C46H75N13O16S3/c1-7-27(2)42(56-37(66)21-48-43(72)28(3)52-29(4)61)46(75)51-20-36(65)55-32(9-11-41(70)71)45(74)50-19-35(64)54-31(8-10-33(47)62)44(73)49-18-34(63)53-30(22-60)23-78-17-14-40(69)59-25-57(38(67)12-15-76-5)24-58(26-59)39(68)13-16-77-6/h22,27-28,30-32,42H,7-21,23-26H2,1-6H3,(H2,47,62)(H,48,72)(H,49,73)(H,50,74)(H,51,75)(H,52,61)(H,53,63)(H,54,64)(H,55,65)(H,56,66)(H,70,71)/t27-,28-,30+,31-,32-,42-/m0/s1. The third-order valence-electron chi connectivity index (χ3n) is 11.3. The van der Waals surface area contributed by atoms with E-state index in [2.05, 4.69) is 47.9 Å². The van der Waals surface area contributed by atoms with Crippen LogP contribution < -0.4 is 53.6 Å². The summed E-state index contributed by atoms with van der Waals surface area (Å²) in [6.07, 6.45) is 3.19. The fraction of sp³-hybridized carbons (Fsp3) is 0.674. The molecule has 1 aliphatic heterocycles. The largest absolute Gasteiger partial charge is 0.481 e. The molecule has 29 nitrogen and oxygen atoms in total. The zero-order valence-electron chi connectivity index (χ0n) is 44.7. The van der Waals surface area contributed by atoms with Crippen LogP contribution in [0.3, 0.4) is 0 Å². The SMILES string of the molecule is CC[C@H](C)[C@H](NC(=O)CNC(=O)[C@H](C)NC(C)=O)C(=O)NCC(=O)N[C@@H](CCC(=O)O)C(=O)NCC(=O)N[C@@H](CCC(N)=O)C(=O)NCC(=O)N[C@H](C=O)CSCCC(=O)N1CN(C(=O)CCSC)CN(C(=O)CCSC)C1. The number of carboxylic acid groups (broad SMARTS) is 1. The van der Waals surface area contributed by atoms with E-state index in [1.54, 1.807) is 13.8 Å². The molecule has 0 aliphatic carbocycles. The molecule has 1 aliphatic rings. The molecule has 0 aromatic rings. The molecule has 13 amide bonds. The number of nitrogens with two attached hydrogens (primary N) is 1. The summed E-state index contributed by atoms with van der Waals surface area (Å²) in [6, 6.07) is -6.24. The minimum atomic E-state index is -1.56. The second-order valence-corrected chi connectivity index (χ2v) is 20.9. The Morgan fingerprint density at radius 1 is 0.564 bits per heavy atom. The summed E-state index contributed by atoms with van der Waals surface area (Å²) in [7, 11) is 0. The molecule has 32 heteroatoms. The van der Waals surface area contributed by atoms with E-state index in [4.69, 9.17) is 5.73 Å². The average Bonchev–Trinajstić information content (AvgIpc) is 3.40. The molecular formula is C46H75N13O16S3. The Kier molecular flexibility index (Phi) is 33.7. The van der Waals surface area contributed by atoms with Gasteiger partial charge in [0.05, 0.1) is 52.2 Å². The van der Waals surface area contributed by atoms with Crippen molar-refractivity contribution in [1.82, 2.24) is 62.6 Å². The molecule has 0 saturated carbocycles. The number of carbonyl (C=O) groups is 15. The number of amides is 13. The number of primary amides is 1. The molecule has 0 spiro atoms. The predicted octanol–water partition coefficient (Wildman–Crippen LogP) is -4.71. The highest BCUT2D eigenvalue weighted by Gasteiger charge is 2.32. The second kappa shape index (κ2) is 38.0. The highest BCUT2D eigenvalue weighted by Crippen LogP contribution is 2.16. The number of carboxylic acids is 1. The first-order chi connectivity index (χ1) is 36.8. The fourth-order valence-corrected chi connectivity index (χ4v) is 8.54. The van der Waals surface area contributed by atoms with Crippen molar-refractivity contribution in [3.05, 3.63) is 0 Å². The lowest BCUT2D eigenvalue weighted by molar-refractivity contribution is -0.158. The second-order valence-electron chi connectivity index (χ2n) is 17.7. The number of nitrogens with one attached hydrogen (secondary N) is 9. The summed E-state index contributed by atoms with van der Waals surface area (Å²) in [6.45, 7) is 3.25. The Balaban J connectivity index is 2.81. The molecule has 78 heavy (non-hydrogen) atoms. The van der Waals surface area contributed by atoms with Crippen LogP contribution in [0.15, 0.2) is 0 Å². The van der Waals surface area contributed by atoms with Crippen molar-refractivity contribution in [3.8, 4) is 0 Å². The Hall–Kier alpha value is -6.70. The van der Waals surface area contributed by atoms with Crippen LogP contribution in [0.4, 0.5) is 0 Å². The van der Waals surface area contributed by atoms with Gasteiger partial charge in [-0.05, 0) is 38.2 Å². The first-order valence-electron chi connectivity index (χ1n) is 24.8. The normalized spacial score (nSPS) is 14.3. The van der Waals surface area contributed by atoms with E-state index in [9.17, 15) is 77.0 Å². The van der Waals surface area contributed by atoms with E-state index in [1.165, 1.54) is 63.8 Å². The van der Waals surface area contributed by atoms with Crippen molar-refractivity contribution in [1.29, 1.82) is 0 Å². The Morgan fingerprint density at radius 3 is 1.38 bits per heavy atom. The summed E-state index contributed by atoms with van der Waals surface area (Å²) < 4.78 is 0. The van der Waals surface area contributed by atoms with Crippen molar-refractivity contribution in [2.45, 2.75) is 109 Å². The minimum absolute atomic E-state index is 0.00807. The van der Waals surface area contributed by atoms with Gasteiger partial charge in [-0.25, -0.2) is 0 Å². The first kappa shape index (κ1) is 69.3. The van der Waals surface area contributed by atoms with Gasteiger partial charge in [-0.1, -0.05) is 20.3 Å². The van der Waals surface area contributed by atoms with Crippen LogP contribution in [0.1, 0.15) is 79.1 Å². The Bertz CT molecular complexity index is 2120. The van der Waals surface area contributed by atoms with Gasteiger partial charge in [0.25, 0.3) is 0 Å². The van der Waals surface area contributed by atoms with Gasteiger partial charge in [0.15, 0.2) is 0 Å². The quantitative estimate of drug-likeness (QED) is 0.0206. The van der Waals surface area contributed by atoms with Gasteiger partial charge >= 0.3 is 5.97 Å². The molecule has 0 bridgehead atoms. The smallest absolute Gasteiger partial charge is 0.303 e. The number of carbonyl (C=O) groups excluding carboxylic acids is 14. The van der Waals surface area contributed by atoms with Crippen molar-refractivity contribution in [3.63, 3.8) is 0 Å². The van der Waals surface area contributed by atoms with Gasteiger partial charge < -0.3 is 78.2 Å². The van der Waals surface area contributed by atoms with Crippen LogP contribution in [0.25, 0.3) is 0 Å². The summed E-state index contributed by atoms with van der Waals surface area (Å²) in [4.78, 5) is 192. The van der Waals surface area contributed by atoms with Gasteiger partial charge in [-0.2, -0.15) is 35.3 Å². The predicted molar refractivity (Wildman–Crippen MR) is 287 cm³/mol. The van der Waals surface area contributed by atoms with Crippen LogP contribution in [0.5, 0.6) is 0 Å². The van der Waals surface area contributed by atoms with E-state index < -0.39 is 147 Å². The third kappa shape index (κ3) is 28.6. The zero-order valence-corrected chi connectivity index (χ0v) is 47.1. The molecule has 1 fully saturated rings. The highest BCUT2D eigenvalue weighted by molar-refractivity contribution is 7.99. The average molecular weight is 1160 g/mol. The molecule has 0 radical (unpaired) electrons. The van der Waals surface area contributed by atoms with Gasteiger partial charge in [0, 0.05) is 62.0 Å². The van der Waals surface area contributed by atoms with E-state index in [0.717, 1.165) is 0 Å². The van der Waals surface area contributed by atoms with E-state index in [0.29, 0.717) is 24.2 Å². The van der Waals surface area contributed by atoms with Crippen molar-refractivity contribution in [2.24, 2.45) is 11.7 Å². The zero-order chi connectivity index (χ0) is 58.9. The summed E-state index contributed by atoms with van der Waals surface area (Å²) >= 11 is 4.16. The summed E-state index contributed by atoms with van der Waals surface area (Å²) in [5.41, 5.74) is 5.25. The lowest BCUT2D eigenvalue weighted by Gasteiger charge is -2.42. The van der Waals surface area contributed by atoms with Gasteiger partial charge in [-0.15, -0.1) is 0 Å². The van der Waals surface area contributed by atoms with Crippen molar-refractivity contribution < 1.29 is 77.0 Å². The van der Waals surface area contributed by atoms with Crippen LogP contribution in [-0.4, -0.2) is 221 Å². The molecule has 12 N–H and O–H groups in total. The monoisotopic (exact) mass is 1160 g/mol. The Labute approximate surface area is 464 Å². The number of nitrogens with zero attached hydrogens (tertiary/aromatic N) is 3. The van der Waals surface area contributed by atoms with Gasteiger partial charge in [0.1, 0.15) is 30.5 Å². The lowest BCUT2D eigenvalue weighted by atomic mass is 9.98. The maximum atomic E-state index is 13.2. The van der Waals surface area contributed by atoms with E-state index in [-0.39, 0.29) is 74.9 Å². The number of aliphatic carboxylic acids is 1. The molecule has 0 aromatic heterocycles. The molecule has 0 unspecified atom stereocenters. The van der Waals surface area contributed by atoms with Crippen molar-refractivity contribution in [2.75, 3.05) is 81.7 Å². The van der Waals surface area contributed by atoms with Crippen LogP contribution in [0, 0.1) is 5.92 Å². The molecule has 1 heterocycles. The maximum Gasteiger partial charge on any atom is 0.303 e. The molecule has 6 atom stereocenters. The van der Waals surface area contributed by atoms with Gasteiger partial charge in [0.2, 0.25) is 76.8 Å². The lowest BCUT2D eigenvalue weighted by Crippen LogP contribution is -2.59. The Morgan fingerprint density at radius 2 is 0.974 bits per heavy atom. The number of rotatable bonds is 37. The van der Waals surface area contributed by atoms with Crippen LogP contribution in [-0.2, 0) is 71.9 Å². The molecule has 438 valence electrons. The molecule has 1 saturated heterocycles. The number of hydrogen-bond donors (Lipinski definition) is 11. The summed E-state index contributed by atoms with van der Waals surface area (Å²) in [5.74, 6) is -9.47. The number of hydrogen-bond acceptors (Lipinski definition) is 18. The van der Waals surface area contributed by atoms with Crippen LogP contribution >= 0.6 is 35.3 Å². The minimum Gasteiger partial charge on any atom is -0.481 e. The molecule has 1 rings (SSSR count). The van der Waals surface area contributed by atoms with Crippen LogP contribution in [0.2, 0.25) is 0 Å². The molecule has 0 aromatic carbocycles. The van der Waals surface area contributed by atoms with E-state index in [1.807, 2.05) is 12.5 Å². The molecular weight excluding hydrogens is 1090 g/mol. The number of thioether (sulfide) groups is 3. The third-order valence-corrected chi connectivity index (χ3v) is 13.7. The van der Waals surface area contributed by atoms with Crippen molar-refractivity contribution >= 4 is 124 Å². The summed E-state index contributed by atoms with van der Waals surface area (Å²) in [5, 5.41) is 30.3.